The molecule has 2 bridgehead atoms. The van der Waals surface area contributed by atoms with E-state index in [0.717, 1.165) is 0 Å². The smallest absolute Gasteiger partial charge is 0.00909 e. The monoisotopic (exact) mass is 788 g/mol. The van der Waals surface area contributed by atoms with Crippen molar-refractivity contribution in [2.24, 2.45) is 5.41 Å². The summed E-state index contributed by atoms with van der Waals surface area (Å²) in [5.41, 5.74) is 18.4. The van der Waals surface area contributed by atoms with E-state index in [1.165, 1.54) is 121 Å². The lowest BCUT2D eigenvalue weighted by atomic mass is 9.77. The summed E-state index contributed by atoms with van der Waals surface area (Å²) in [6.45, 7) is 23.3. The largest absolute Gasteiger partial charge is 0.0839 e. The first-order valence-electron chi connectivity index (χ1n) is 22.1. The Balaban J connectivity index is 1.41. The van der Waals surface area contributed by atoms with Crippen molar-refractivity contribution >= 4 is 54.2 Å². The third-order valence-electron chi connectivity index (χ3n) is 13.7. The van der Waals surface area contributed by atoms with E-state index < -0.39 is 0 Å². The second-order valence-electron chi connectivity index (χ2n) is 20.1. The van der Waals surface area contributed by atoms with Gasteiger partial charge >= 0.3 is 0 Å². The van der Waals surface area contributed by atoms with Crippen molar-refractivity contribution in [3.05, 3.63) is 191 Å². The minimum atomic E-state index is -0.153. The Bertz CT molecular complexity index is 3280. The average Bonchev–Trinajstić information content (AvgIpc) is 3.70. The molecule has 0 heterocycles. The molecule has 0 atom stereocenters. The normalized spacial score (nSPS) is 14.8. The minimum absolute atomic E-state index is 0.0507. The number of fused-ring (bicyclic) bond motifs is 6. The third kappa shape index (κ3) is 6.09. The Morgan fingerprint density at radius 3 is 1.82 bits per heavy atom. The molecule has 0 N–H and O–H groups in total. The lowest BCUT2D eigenvalue weighted by Gasteiger charge is -2.26. The molecule has 2 aliphatic rings. The van der Waals surface area contributed by atoms with Crippen LogP contribution in [0.3, 0.4) is 0 Å². The van der Waals surface area contributed by atoms with Gasteiger partial charge in [0.05, 0.1) is 0 Å². The molecule has 61 heavy (non-hydrogen) atoms. The lowest BCUT2D eigenvalue weighted by molar-refractivity contribution is 0.516. The number of rotatable bonds is 4. The Morgan fingerprint density at radius 2 is 1.11 bits per heavy atom. The van der Waals surface area contributed by atoms with Crippen LogP contribution >= 0.6 is 0 Å². The highest BCUT2D eigenvalue weighted by Crippen LogP contribution is 2.60. The zero-order chi connectivity index (χ0) is 42.6. The number of aryl methyl sites for hydroxylation is 1. The molecule has 300 valence electrons. The number of hydrogen-bond acceptors (Lipinski definition) is 0. The summed E-state index contributed by atoms with van der Waals surface area (Å²) in [7, 11) is 0. The summed E-state index contributed by atoms with van der Waals surface area (Å²) in [6.07, 6.45) is 7.45. The maximum absolute atomic E-state index is 2.57. The van der Waals surface area contributed by atoms with Crippen LogP contribution in [-0.4, -0.2) is 0 Å². The molecule has 0 saturated heterocycles. The van der Waals surface area contributed by atoms with Gasteiger partial charge in [0.2, 0.25) is 0 Å². The van der Waals surface area contributed by atoms with E-state index in [0.29, 0.717) is 0 Å². The van der Waals surface area contributed by atoms with Crippen LogP contribution in [0.1, 0.15) is 90.1 Å². The van der Waals surface area contributed by atoms with E-state index in [2.05, 4.69) is 227 Å². The first-order valence-corrected chi connectivity index (χ1v) is 22.1. The maximum Gasteiger partial charge on any atom is 0.00909 e. The number of allylic oxidation sites excluding steroid dienone is 6. The van der Waals surface area contributed by atoms with Gasteiger partial charge in [-0.05, 0) is 146 Å². The molecule has 0 nitrogen and oxygen atoms in total. The first kappa shape index (κ1) is 38.9. The van der Waals surface area contributed by atoms with Gasteiger partial charge in [0.15, 0.2) is 0 Å². The van der Waals surface area contributed by atoms with Crippen molar-refractivity contribution in [3.63, 3.8) is 0 Å². The molecule has 8 aromatic rings. The van der Waals surface area contributed by atoms with Gasteiger partial charge in [-0.2, -0.15) is 0 Å². The van der Waals surface area contributed by atoms with E-state index in [4.69, 9.17) is 0 Å². The van der Waals surface area contributed by atoms with E-state index in [-0.39, 0.29) is 16.2 Å². The van der Waals surface area contributed by atoms with Crippen molar-refractivity contribution in [3.8, 4) is 33.4 Å². The zero-order valence-corrected chi connectivity index (χ0v) is 37.5. The Labute approximate surface area is 362 Å². The lowest BCUT2D eigenvalue weighted by Crippen LogP contribution is -2.15. The van der Waals surface area contributed by atoms with E-state index >= 15 is 0 Å². The Kier molecular flexibility index (Phi) is 8.87. The predicted octanol–water partition coefficient (Wildman–Crippen LogP) is 17.5. The van der Waals surface area contributed by atoms with Gasteiger partial charge in [-0.25, -0.2) is 0 Å². The summed E-state index contributed by atoms with van der Waals surface area (Å²) in [5, 5.41) is 10.3. The molecule has 0 aromatic heterocycles. The molecule has 2 aliphatic carbocycles. The average molecular weight is 789 g/mol. The molecule has 0 fully saturated rings. The van der Waals surface area contributed by atoms with Gasteiger partial charge in [-0.1, -0.05) is 213 Å². The molecule has 0 amide bonds. The standard InChI is InChI=1S/C61H56/c1-11-41(59(3,4)5)34-50(51-36-61(9,10)52-35-42(60(6,7)8)31-33-43(51)52)56-46-25-17-16-24-45(46)55(57-48-26-18-21-39-22-19-27-49(54(39)48)58(56)57)47-32-30-40-29-28-38-20-14-12-13-15-23-44(47)53(40)37(38)2/h11-36H,1-10H3/b13-12?,14-12?,15-13?,20-14?,23-15?,38-20?,41-11+,44-23?,50-34+. The highest BCUT2D eigenvalue weighted by Gasteiger charge is 2.37. The molecule has 8 aromatic carbocycles. The van der Waals surface area contributed by atoms with Crippen LogP contribution in [0.25, 0.3) is 87.6 Å². The van der Waals surface area contributed by atoms with Crippen molar-refractivity contribution in [2.75, 3.05) is 0 Å². The molecule has 0 spiro atoms. The summed E-state index contributed by atoms with van der Waals surface area (Å²) >= 11 is 0. The molecular weight excluding hydrogens is 733 g/mol. The van der Waals surface area contributed by atoms with Crippen LogP contribution in [0, 0.1) is 12.3 Å². The quantitative estimate of drug-likeness (QED) is 0.156. The zero-order valence-electron chi connectivity index (χ0n) is 37.5. The van der Waals surface area contributed by atoms with Crippen LogP contribution in [0.2, 0.25) is 0 Å². The summed E-state index contributed by atoms with van der Waals surface area (Å²) in [5.74, 6) is 0. The SMILES string of the molecule is C/C=C(\C=C(/C1=CC(C)(C)c2cc(C(C)(C)C)ccc21)c1c2c(c(-c3ccc4ccc5ccccccc3c4c5C)c3ccccc13)-c1cccc3cccc-2c13)C(C)(C)C. The van der Waals surface area contributed by atoms with Crippen LogP contribution in [0.4, 0.5) is 0 Å². The Morgan fingerprint density at radius 1 is 0.525 bits per heavy atom. The Hall–Kier alpha value is -6.24. The molecule has 0 heteroatoms. The molecular formula is C61H56. The predicted molar refractivity (Wildman–Crippen MR) is 267 cm³/mol. The maximum atomic E-state index is 2.57. The van der Waals surface area contributed by atoms with Gasteiger partial charge in [0, 0.05) is 5.41 Å². The first-order chi connectivity index (χ1) is 29.2. The molecule has 0 radical (unpaired) electrons. The number of hydrogen-bond donors (Lipinski definition) is 0. The third-order valence-corrected chi connectivity index (χ3v) is 13.7. The van der Waals surface area contributed by atoms with Gasteiger partial charge in [0.1, 0.15) is 0 Å². The van der Waals surface area contributed by atoms with Crippen LogP contribution in [0.5, 0.6) is 0 Å². The topological polar surface area (TPSA) is 0 Å². The second kappa shape index (κ2) is 13.9. The van der Waals surface area contributed by atoms with Crippen LogP contribution < -0.4 is 0 Å². The summed E-state index contributed by atoms with van der Waals surface area (Å²) < 4.78 is 0. The van der Waals surface area contributed by atoms with E-state index in [1.54, 1.807) is 0 Å². The van der Waals surface area contributed by atoms with Crippen molar-refractivity contribution in [2.45, 2.75) is 80.1 Å². The molecule has 0 unspecified atom stereocenters. The number of benzene rings is 7. The van der Waals surface area contributed by atoms with Gasteiger partial charge in [-0.15, -0.1) is 0 Å². The highest BCUT2D eigenvalue weighted by molar-refractivity contribution is 6.30. The fourth-order valence-corrected chi connectivity index (χ4v) is 10.6. The van der Waals surface area contributed by atoms with Gasteiger partial charge in [0.25, 0.3) is 0 Å². The minimum Gasteiger partial charge on any atom is -0.0839 e. The van der Waals surface area contributed by atoms with Gasteiger partial charge in [-0.3, -0.25) is 0 Å². The second-order valence-corrected chi connectivity index (χ2v) is 20.1. The highest BCUT2D eigenvalue weighted by atomic mass is 14.4. The summed E-state index contributed by atoms with van der Waals surface area (Å²) in [6, 6.07) is 53.0. The van der Waals surface area contributed by atoms with E-state index in [9.17, 15) is 0 Å². The van der Waals surface area contributed by atoms with E-state index in [1.807, 2.05) is 0 Å². The van der Waals surface area contributed by atoms with Crippen molar-refractivity contribution in [1.82, 2.24) is 0 Å². The molecule has 0 aliphatic heterocycles. The van der Waals surface area contributed by atoms with Crippen molar-refractivity contribution < 1.29 is 0 Å². The van der Waals surface area contributed by atoms with Crippen molar-refractivity contribution in [1.29, 1.82) is 0 Å². The van der Waals surface area contributed by atoms with Crippen LogP contribution in [-0.2, 0) is 10.8 Å². The fraction of sp³-hybridized carbons (Fsp3) is 0.213. The van der Waals surface area contributed by atoms with Crippen LogP contribution in [0.15, 0.2) is 163 Å². The fourth-order valence-electron chi connectivity index (χ4n) is 10.6. The molecule has 0 saturated carbocycles. The molecule has 10 rings (SSSR count). The van der Waals surface area contributed by atoms with Gasteiger partial charge < -0.3 is 0 Å². The summed E-state index contributed by atoms with van der Waals surface area (Å²) in [4.78, 5) is 0.